The summed E-state index contributed by atoms with van der Waals surface area (Å²) < 4.78 is 12.7. The van der Waals surface area contributed by atoms with Crippen LogP contribution in [0.4, 0.5) is 5.13 Å². The number of anilines is 1. The molecule has 0 spiro atoms. The van der Waals surface area contributed by atoms with Crippen LogP contribution in [0.5, 0.6) is 11.5 Å². The molecule has 0 N–H and O–H groups in total. The molecule has 0 unspecified atom stereocenters. The first-order valence-electron chi connectivity index (χ1n) is 12.0. The fraction of sp³-hybridized carbons (Fsp3) is 0.286. The number of hydrogen-bond acceptors (Lipinski definition) is 6. The standard InChI is InChI=1S/C28H29N3O3S.ClH/c1-21-12-13-24-26(20-21)35-28(29-24)31(15-7-14-30-16-18-33-19-17-30)27(32)23-10-5-6-11-25(23)34-22-8-3-2-4-9-22;/h2-6,8-13,20H,7,14-19H2,1H3;1H. The van der Waals surface area contributed by atoms with E-state index in [9.17, 15) is 4.79 Å². The van der Waals surface area contributed by atoms with Crippen LogP contribution >= 0.6 is 23.7 Å². The molecule has 1 aromatic heterocycles. The number of fused-ring (bicyclic) bond motifs is 1. The molecule has 0 bridgehead atoms. The summed E-state index contributed by atoms with van der Waals surface area (Å²) in [5.74, 6) is 1.13. The summed E-state index contributed by atoms with van der Waals surface area (Å²) in [6.07, 6.45) is 0.850. The quantitative estimate of drug-likeness (QED) is 0.276. The van der Waals surface area contributed by atoms with Gasteiger partial charge in [-0.25, -0.2) is 4.98 Å². The lowest BCUT2D eigenvalue weighted by atomic mass is 10.1. The van der Waals surface area contributed by atoms with E-state index in [2.05, 4.69) is 24.0 Å². The maximum Gasteiger partial charge on any atom is 0.263 e. The summed E-state index contributed by atoms with van der Waals surface area (Å²) in [7, 11) is 0. The van der Waals surface area contributed by atoms with Crippen molar-refractivity contribution in [2.45, 2.75) is 13.3 Å². The minimum Gasteiger partial charge on any atom is -0.457 e. The molecule has 1 fully saturated rings. The number of carbonyl (C=O) groups excluding carboxylic acids is 1. The molecule has 0 atom stereocenters. The summed E-state index contributed by atoms with van der Waals surface area (Å²) in [5.41, 5.74) is 2.62. The van der Waals surface area contributed by atoms with Gasteiger partial charge in [0.2, 0.25) is 0 Å². The predicted octanol–water partition coefficient (Wildman–Crippen LogP) is 6.19. The molecule has 0 saturated carbocycles. The maximum absolute atomic E-state index is 14.0. The lowest BCUT2D eigenvalue weighted by molar-refractivity contribution is 0.0376. The van der Waals surface area contributed by atoms with Crippen molar-refractivity contribution in [1.29, 1.82) is 0 Å². The Morgan fingerprint density at radius 1 is 1.06 bits per heavy atom. The second kappa shape index (κ2) is 12.3. The van der Waals surface area contributed by atoms with Gasteiger partial charge in [-0.2, -0.15) is 0 Å². The second-order valence-electron chi connectivity index (χ2n) is 8.64. The van der Waals surface area contributed by atoms with Gasteiger partial charge in [-0.15, -0.1) is 12.4 Å². The van der Waals surface area contributed by atoms with Gasteiger partial charge < -0.3 is 9.47 Å². The Morgan fingerprint density at radius 3 is 2.61 bits per heavy atom. The molecule has 5 rings (SSSR count). The Labute approximate surface area is 221 Å². The molecule has 1 aliphatic heterocycles. The largest absolute Gasteiger partial charge is 0.457 e. The maximum atomic E-state index is 14.0. The van der Waals surface area contributed by atoms with Crippen molar-refractivity contribution in [3.63, 3.8) is 0 Å². The van der Waals surface area contributed by atoms with E-state index >= 15 is 0 Å². The van der Waals surface area contributed by atoms with Gasteiger partial charge in [0.25, 0.3) is 5.91 Å². The van der Waals surface area contributed by atoms with Crippen LogP contribution in [0.2, 0.25) is 0 Å². The summed E-state index contributed by atoms with van der Waals surface area (Å²) in [6.45, 7) is 6.97. The summed E-state index contributed by atoms with van der Waals surface area (Å²) in [5, 5.41) is 0.715. The van der Waals surface area contributed by atoms with Crippen LogP contribution < -0.4 is 9.64 Å². The summed E-state index contributed by atoms with van der Waals surface area (Å²) in [6, 6.07) is 23.2. The molecule has 3 aromatic carbocycles. The number of aromatic nitrogens is 1. The Morgan fingerprint density at radius 2 is 1.81 bits per heavy atom. The van der Waals surface area contributed by atoms with Gasteiger partial charge in [-0.3, -0.25) is 14.6 Å². The number of rotatable bonds is 8. The number of aryl methyl sites for hydroxylation is 1. The number of nitrogens with zero attached hydrogens (tertiary/aromatic N) is 3. The van der Waals surface area contributed by atoms with E-state index in [1.165, 1.54) is 5.56 Å². The number of para-hydroxylation sites is 2. The molecular weight excluding hydrogens is 494 g/mol. The van der Waals surface area contributed by atoms with E-state index in [-0.39, 0.29) is 18.3 Å². The Bertz CT molecular complexity index is 1290. The molecule has 4 aromatic rings. The average molecular weight is 524 g/mol. The highest BCUT2D eigenvalue weighted by Gasteiger charge is 2.24. The zero-order valence-corrected chi connectivity index (χ0v) is 21.9. The van der Waals surface area contributed by atoms with Crippen molar-refractivity contribution in [3.8, 4) is 11.5 Å². The minimum atomic E-state index is -0.103. The van der Waals surface area contributed by atoms with E-state index in [0.29, 0.717) is 28.7 Å². The lowest BCUT2D eigenvalue weighted by Crippen LogP contribution is -2.39. The monoisotopic (exact) mass is 523 g/mol. The highest BCUT2D eigenvalue weighted by atomic mass is 35.5. The number of amides is 1. The molecule has 1 saturated heterocycles. The number of halogens is 1. The first kappa shape index (κ1) is 26.1. The van der Waals surface area contributed by atoms with Gasteiger partial charge in [-0.1, -0.05) is 47.7 Å². The highest BCUT2D eigenvalue weighted by Crippen LogP contribution is 2.33. The van der Waals surface area contributed by atoms with Crippen LogP contribution in [0.1, 0.15) is 22.3 Å². The second-order valence-corrected chi connectivity index (χ2v) is 9.65. The molecule has 6 nitrogen and oxygen atoms in total. The zero-order valence-electron chi connectivity index (χ0n) is 20.3. The van der Waals surface area contributed by atoms with Gasteiger partial charge in [0.15, 0.2) is 5.13 Å². The first-order valence-corrected chi connectivity index (χ1v) is 12.8. The third-order valence-corrected chi connectivity index (χ3v) is 7.10. The molecule has 0 radical (unpaired) electrons. The van der Waals surface area contributed by atoms with Crippen LogP contribution in [-0.4, -0.2) is 55.2 Å². The number of ether oxygens (including phenoxy) is 2. The van der Waals surface area contributed by atoms with Gasteiger partial charge in [0.05, 0.1) is 29.0 Å². The molecule has 2 heterocycles. The van der Waals surface area contributed by atoms with Crippen LogP contribution in [0.25, 0.3) is 10.2 Å². The van der Waals surface area contributed by atoms with E-state index in [1.54, 1.807) is 11.3 Å². The third kappa shape index (κ3) is 6.23. The highest BCUT2D eigenvalue weighted by molar-refractivity contribution is 7.22. The normalized spacial score (nSPS) is 13.8. The van der Waals surface area contributed by atoms with Crippen molar-refractivity contribution < 1.29 is 14.3 Å². The fourth-order valence-corrected chi connectivity index (χ4v) is 5.28. The van der Waals surface area contributed by atoms with Gasteiger partial charge in [0.1, 0.15) is 11.5 Å². The summed E-state index contributed by atoms with van der Waals surface area (Å²) in [4.78, 5) is 23.0. The van der Waals surface area contributed by atoms with Gasteiger partial charge in [-0.05, 0) is 55.3 Å². The molecule has 1 amide bonds. The predicted molar refractivity (Wildman–Crippen MR) is 148 cm³/mol. The minimum absolute atomic E-state index is 0. The van der Waals surface area contributed by atoms with Crippen molar-refractivity contribution in [2.24, 2.45) is 0 Å². The number of morpholine rings is 1. The molecular formula is C28H30ClN3O3S. The average Bonchev–Trinajstić information content (AvgIpc) is 3.30. The Kier molecular flexibility index (Phi) is 8.93. The lowest BCUT2D eigenvalue weighted by Gasteiger charge is -2.28. The van der Waals surface area contributed by atoms with Crippen LogP contribution in [-0.2, 0) is 4.74 Å². The Hall–Kier alpha value is -2.97. The van der Waals surface area contributed by atoms with Gasteiger partial charge >= 0.3 is 0 Å². The van der Waals surface area contributed by atoms with Crippen molar-refractivity contribution in [1.82, 2.24) is 9.88 Å². The Balaban J connectivity index is 0.00000304. The third-order valence-electron chi connectivity index (χ3n) is 6.06. The van der Waals surface area contributed by atoms with Crippen molar-refractivity contribution >= 4 is 45.0 Å². The van der Waals surface area contributed by atoms with Crippen LogP contribution in [0.15, 0.2) is 72.8 Å². The molecule has 188 valence electrons. The van der Waals surface area contributed by atoms with Crippen LogP contribution in [0.3, 0.4) is 0 Å². The first-order chi connectivity index (χ1) is 17.2. The van der Waals surface area contributed by atoms with Crippen molar-refractivity contribution in [3.05, 3.63) is 83.9 Å². The number of hydrogen-bond donors (Lipinski definition) is 0. The van der Waals surface area contributed by atoms with Crippen molar-refractivity contribution in [2.75, 3.05) is 44.3 Å². The number of thiazole rings is 1. The summed E-state index contributed by atoms with van der Waals surface area (Å²) >= 11 is 1.56. The SMILES string of the molecule is Cc1ccc2nc(N(CCCN3CCOCC3)C(=O)c3ccccc3Oc3ccccc3)sc2c1.Cl. The van der Waals surface area contributed by atoms with E-state index < -0.39 is 0 Å². The van der Waals surface area contributed by atoms with E-state index in [4.69, 9.17) is 14.5 Å². The molecule has 8 heteroatoms. The van der Waals surface area contributed by atoms with Gasteiger partial charge in [0, 0.05) is 26.2 Å². The molecule has 36 heavy (non-hydrogen) atoms. The molecule has 0 aliphatic carbocycles. The number of carbonyl (C=O) groups is 1. The topological polar surface area (TPSA) is 54.9 Å². The fourth-order valence-electron chi connectivity index (χ4n) is 4.19. The van der Waals surface area contributed by atoms with E-state index in [1.807, 2.05) is 65.6 Å². The molecule has 1 aliphatic rings. The smallest absolute Gasteiger partial charge is 0.263 e. The van der Waals surface area contributed by atoms with Crippen LogP contribution in [0, 0.1) is 6.92 Å². The zero-order chi connectivity index (χ0) is 24.0. The van der Waals surface area contributed by atoms with E-state index in [0.717, 1.165) is 49.5 Å². The number of benzene rings is 3.